The lowest BCUT2D eigenvalue weighted by Crippen LogP contribution is -1.72. The van der Waals surface area contributed by atoms with Gasteiger partial charge in [-0.05, 0) is 34.5 Å². The van der Waals surface area contributed by atoms with Crippen molar-refractivity contribution in [3.8, 4) is 0 Å². The lowest BCUT2D eigenvalue weighted by Gasteiger charge is -1.92. The highest BCUT2D eigenvalue weighted by Gasteiger charge is 2.02. The van der Waals surface area contributed by atoms with Gasteiger partial charge in [0.2, 0.25) is 0 Å². The Kier molecular flexibility index (Phi) is 1.46. The highest BCUT2D eigenvalue weighted by atomic mass is 79.9. The standard InChI is InChI=1S/C8H7BrN2/c1-5-3-2-4-6-7(5)8(9)11-10-6/h2-4H,1H3,(H,10,11). The van der Waals surface area contributed by atoms with Crippen LogP contribution >= 0.6 is 15.9 Å². The van der Waals surface area contributed by atoms with Crippen molar-refractivity contribution in [3.63, 3.8) is 0 Å². The molecule has 0 radical (unpaired) electrons. The number of aromatic amines is 1. The fraction of sp³-hybridized carbons (Fsp3) is 0.125. The summed E-state index contributed by atoms with van der Waals surface area (Å²) >= 11 is 3.40. The number of hydrogen-bond acceptors (Lipinski definition) is 1. The lowest BCUT2D eigenvalue weighted by molar-refractivity contribution is 1.10. The van der Waals surface area contributed by atoms with Crippen molar-refractivity contribution in [2.24, 2.45) is 0 Å². The van der Waals surface area contributed by atoms with Crippen molar-refractivity contribution < 1.29 is 0 Å². The van der Waals surface area contributed by atoms with Gasteiger partial charge in [-0.2, -0.15) is 5.10 Å². The van der Waals surface area contributed by atoms with E-state index in [2.05, 4.69) is 39.1 Å². The molecule has 0 saturated carbocycles. The molecule has 0 aliphatic heterocycles. The SMILES string of the molecule is Cc1cccc2n[nH]c(Br)c12. The van der Waals surface area contributed by atoms with Crippen molar-refractivity contribution in [2.45, 2.75) is 6.92 Å². The zero-order valence-corrected chi connectivity index (χ0v) is 7.64. The maximum atomic E-state index is 4.11. The van der Waals surface area contributed by atoms with E-state index >= 15 is 0 Å². The van der Waals surface area contributed by atoms with E-state index in [0.29, 0.717) is 0 Å². The van der Waals surface area contributed by atoms with Gasteiger partial charge >= 0.3 is 0 Å². The molecule has 2 nitrogen and oxygen atoms in total. The minimum absolute atomic E-state index is 0.964. The minimum atomic E-state index is 0.964. The van der Waals surface area contributed by atoms with Crippen molar-refractivity contribution in [1.29, 1.82) is 0 Å². The first-order valence-corrected chi connectivity index (χ1v) is 4.17. The molecule has 0 fully saturated rings. The number of benzene rings is 1. The normalized spacial score (nSPS) is 10.7. The van der Waals surface area contributed by atoms with E-state index < -0.39 is 0 Å². The lowest BCUT2D eigenvalue weighted by atomic mass is 10.1. The molecule has 0 spiro atoms. The molecule has 1 heterocycles. The Morgan fingerprint density at radius 2 is 2.27 bits per heavy atom. The molecule has 0 aliphatic carbocycles. The first-order chi connectivity index (χ1) is 5.29. The van der Waals surface area contributed by atoms with Gasteiger partial charge in [0.1, 0.15) is 4.60 Å². The monoisotopic (exact) mass is 210 g/mol. The van der Waals surface area contributed by atoms with Crippen LogP contribution in [0, 0.1) is 6.92 Å². The van der Waals surface area contributed by atoms with Crippen LogP contribution in [0.5, 0.6) is 0 Å². The van der Waals surface area contributed by atoms with Gasteiger partial charge in [0, 0.05) is 5.39 Å². The molecule has 0 amide bonds. The number of fused-ring (bicyclic) bond motifs is 1. The predicted molar refractivity (Wildman–Crippen MR) is 48.5 cm³/mol. The first-order valence-electron chi connectivity index (χ1n) is 3.38. The second-order valence-electron chi connectivity index (χ2n) is 2.51. The van der Waals surface area contributed by atoms with Crippen LogP contribution in [0.3, 0.4) is 0 Å². The third kappa shape index (κ3) is 0.959. The summed E-state index contributed by atoms with van der Waals surface area (Å²) in [5.74, 6) is 0. The van der Waals surface area contributed by atoms with Crippen molar-refractivity contribution >= 4 is 26.8 Å². The molecule has 56 valence electrons. The Labute approximate surface area is 72.7 Å². The van der Waals surface area contributed by atoms with Crippen LogP contribution in [0.25, 0.3) is 10.9 Å². The maximum Gasteiger partial charge on any atom is 0.109 e. The highest BCUT2D eigenvalue weighted by molar-refractivity contribution is 9.10. The number of nitrogens with zero attached hydrogens (tertiary/aromatic N) is 1. The summed E-state index contributed by atoms with van der Waals surface area (Å²) in [5.41, 5.74) is 2.25. The van der Waals surface area contributed by atoms with Crippen LogP contribution < -0.4 is 0 Å². The second kappa shape index (κ2) is 2.34. The van der Waals surface area contributed by atoms with Crippen molar-refractivity contribution in [1.82, 2.24) is 10.2 Å². The Morgan fingerprint density at radius 3 is 3.00 bits per heavy atom. The van der Waals surface area contributed by atoms with Gasteiger partial charge in [0.05, 0.1) is 5.52 Å². The summed E-state index contributed by atoms with van der Waals surface area (Å²) in [4.78, 5) is 0. The summed E-state index contributed by atoms with van der Waals surface area (Å²) < 4.78 is 0.964. The molecule has 1 aromatic heterocycles. The Balaban J connectivity index is 2.96. The summed E-state index contributed by atoms with van der Waals surface area (Å²) in [7, 11) is 0. The highest BCUT2D eigenvalue weighted by Crippen LogP contribution is 2.23. The number of rotatable bonds is 0. The van der Waals surface area contributed by atoms with E-state index in [-0.39, 0.29) is 0 Å². The van der Waals surface area contributed by atoms with Crippen molar-refractivity contribution in [3.05, 3.63) is 28.4 Å². The molecular weight excluding hydrogens is 204 g/mol. The largest absolute Gasteiger partial charge is 0.270 e. The van der Waals surface area contributed by atoms with Gasteiger partial charge in [0.25, 0.3) is 0 Å². The predicted octanol–water partition coefficient (Wildman–Crippen LogP) is 2.63. The smallest absolute Gasteiger partial charge is 0.109 e. The number of halogens is 1. The second-order valence-corrected chi connectivity index (χ2v) is 3.30. The molecule has 1 N–H and O–H groups in total. The Hall–Kier alpha value is -0.830. The zero-order chi connectivity index (χ0) is 7.84. The summed E-state index contributed by atoms with van der Waals surface area (Å²) in [6, 6.07) is 6.07. The molecule has 0 bridgehead atoms. The molecule has 0 unspecified atom stereocenters. The molecule has 0 aliphatic rings. The van der Waals surface area contributed by atoms with Crippen LogP contribution in [0.2, 0.25) is 0 Å². The van der Waals surface area contributed by atoms with Crippen molar-refractivity contribution in [2.75, 3.05) is 0 Å². The molecule has 1 aromatic carbocycles. The molecule has 11 heavy (non-hydrogen) atoms. The van der Waals surface area contributed by atoms with E-state index in [4.69, 9.17) is 0 Å². The van der Waals surface area contributed by atoms with E-state index in [1.165, 1.54) is 10.9 Å². The third-order valence-corrected chi connectivity index (χ3v) is 2.32. The van der Waals surface area contributed by atoms with E-state index in [0.717, 1.165) is 10.1 Å². The van der Waals surface area contributed by atoms with E-state index in [1.807, 2.05) is 12.1 Å². The van der Waals surface area contributed by atoms with E-state index in [1.54, 1.807) is 0 Å². The van der Waals surface area contributed by atoms with Crippen LogP contribution in [0.4, 0.5) is 0 Å². The summed E-state index contributed by atoms with van der Waals surface area (Å²) in [6.45, 7) is 2.07. The van der Waals surface area contributed by atoms with Crippen LogP contribution in [-0.4, -0.2) is 10.2 Å². The van der Waals surface area contributed by atoms with Gasteiger partial charge in [-0.1, -0.05) is 12.1 Å². The molecule has 0 saturated heterocycles. The average Bonchev–Trinajstić information content (AvgIpc) is 2.34. The van der Waals surface area contributed by atoms with Gasteiger partial charge < -0.3 is 0 Å². The zero-order valence-electron chi connectivity index (χ0n) is 6.06. The fourth-order valence-electron chi connectivity index (χ4n) is 1.20. The fourth-order valence-corrected chi connectivity index (χ4v) is 1.80. The summed E-state index contributed by atoms with van der Waals surface area (Å²) in [6.07, 6.45) is 0. The maximum absolute atomic E-state index is 4.11. The third-order valence-electron chi connectivity index (χ3n) is 1.74. The number of aryl methyl sites for hydroxylation is 1. The molecular formula is C8H7BrN2. The number of H-pyrrole nitrogens is 1. The van der Waals surface area contributed by atoms with E-state index in [9.17, 15) is 0 Å². The number of aromatic nitrogens is 2. The Bertz CT molecular complexity index is 392. The van der Waals surface area contributed by atoms with Gasteiger partial charge in [0.15, 0.2) is 0 Å². The molecule has 0 atom stereocenters. The number of hydrogen-bond donors (Lipinski definition) is 1. The van der Waals surface area contributed by atoms with Gasteiger partial charge in [-0.25, -0.2) is 0 Å². The van der Waals surface area contributed by atoms with Crippen LogP contribution in [0.1, 0.15) is 5.56 Å². The average molecular weight is 211 g/mol. The van der Waals surface area contributed by atoms with Crippen LogP contribution in [0.15, 0.2) is 22.8 Å². The molecule has 3 heteroatoms. The van der Waals surface area contributed by atoms with Gasteiger partial charge in [-0.3, -0.25) is 5.10 Å². The minimum Gasteiger partial charge on any atom is -0.270 e. The van der Waals surface area contributed by atoms with Gasteiger partial charge in [-0.15, -0.1) is 0 Å². The summed E-state index contributed by atoms with van der Waals surface area (Å²) in [5, 5.41) is 8.16. The quantitative estimate of drug-likeness (QED) is 0.712. The van der Waals surface area contributed by atoms with Crippen LogP contribution in [-0.2, 0) is 0 Å². The Morgan fingerprint density at radius 1 is 1.45 bits per heavy atom. The number of nitrogens with one attached hydrogen (secondary N) is 1. The topological polar surface area (TPSA) is 28.7 Å². The molecule has 2 rings (SSSR count). The molecule has 2 aromatic rings. The first kappa shape index (κ1) is 6.85.